The zero-order chi connectivity index (χ0) is 19.4. The Morgan fingerprint density at radius 1 is 1.19 bits per heavy atom. The van der Waals surface area contributed by atoms with E-state index in [9.17, 15) is 4.79 Å². The summed E-state index contributed by atoms with van der Waals surface area (Å²) in [5.41, 5.74) is 4.10. The maximum absolute atomic E-state index is 13.7. The van der Waals surface area contributed by atoms with Gasteiger partial charge in [-0.3, -0.25) is 9.79 Å². The minimum absolute atomic E-state index is 0.0668. The van der Waals surface area contributed by atoms with Crippen molar-refractivity contribution in [1.82, 2.24) is 0 Å². The standard InChI is InChI=1S/C24H31NO2/c1-15-9-10-20(27-5)19(12-15)18-13-22(26)24(14-16(18)2)17(3)25-23(4)11-7-6-8-21(23)24/h9-10,12,14,18,21H,6-8,11,13H2,1-5H3/t18-,21-,23+,24-/m1/s1. The normalized spacial score (nSPS) is 35.7. The molecule has 4 rings (SSSR count). The molecule has 1 aromatic rings. The van der Waals surface area contributed by atoms with Gasteiger partial charge in [0.05, 0.1) is 18.1 Å². The molecule has 0 radical (unpaired) electrons. The molecule has 1 heterocycles. The van der Waals surface area contributed by atoms with E-state index in [0.29, 0.717) is 18.1 Å². The summed E-state index contributed by atoms with van der Waals surface area (Å²) in [5, 5.41) is 0. The van der Waals surface area contributed by atoms with E-state index in [1.807, 2.05) is 6.07 Å². The third kappa shape index (κ3) is 2.61. The summed E-state index contributed by atoms with van der Waals surface area (Å²) in [4.78, 5) is 18.7. The van der Waals surface area contributed by atoms with Crippen LogP contribution in [-0.2, 0) is 4.79 Å². The fraction of sp³-hybridized carbons (Fsp3) is 0.583. The highest BCUT2D eigenvalue weighted by Crippen LogP contribution is 2.57. The molecule has 0 unspecified atom stereocenters. The third-order valence-electron chi connectivity index (χ3n) is 7.36. The van der Waals surface area contributed by atoms with Gasteiger partial charge in [0.15, 0.2) is 0 Å². The summed E-state index contributed by atoms with van der Waals surface area (Å²) >= 11 is 0. The second kappa shape index (κ2) is 6.32. The number of carbonyl (C=O) groups is 1. The van der Waals surface area contributed by atoms with Crippen LogP contribution in [0.5, 0.6) is 5.75 Å². The van der Waals surface area contributed by atoms with E-state index in [-0.39, 0.29) is 11.5 Å². The summed E-state index contributed by atoms with van der Waals surface area (Å²) in [5.74, 6) is 1.64. The Kier molecular flexibility index (Phi) is 4.32. The van der Waals surface area contributed by atoms with Crippen LogP contribution in [0.3, 0.4) is 0 Å². The minimum Gasteiger partial charge on any atom is -0.496 e. The van der Waals surface area contributed by atoms with E-state index >= 15 is 0 Å². The molecule has 4 atom stereocenters. The second-order valence-electron chi connectivity index (χ2n) is 9.04. The molecule has 1 spiro atoms. The number of aryl methyl sites for hydroxylation is 1. The number of carbonyl (C=O) groups excluding carboxylic acids is 1. The molecule has 0 aromatic heterocycles. The van der Waals surface area contributed by atoms with Crippen LogP contribution in [0.2, 0.25) is 0 Å². The van der Waals surface area contributed by atoms with Crippen LogP contribution < -0.4 is 4.74 Å². The predicted molar refractivity (Wildman–Crippen MR) is 110 cm³/mol. The first-order chi connectivity index (χ1) is 12.8. The smallest absolute Gasteiger partial charge is 0.149 e. The lowest BCUT2D eigenvalue weighted by atomic mass is 9.56. The quantitative estimate of drug-likeness (QED) is 0.657. The highest BCUT2D eigenvalue weighted by atomic mass is 16.5. The molecular formula is C24H31NO2. The average Bonchev–Trinajstić information content (AvgIpc) is 2.85. The first-order valence-electron chi connectivity index (χ1n) is 10.3. The van der Waals surface area contributed by atoms with E-state index in [4.69, 9.17) is 9.73 Å². The van der Waals surface area contributed by atoms with Crippen molar-refractivity contribution in [3.8, 4) is 5.75 Å². The number of methoxy groups -OCH3 is 1. The maximum atomic E-state index is 13.7. The van der Waals surface area contributed by atoms with Gasteiger partial charge in [0, 0.05) is 29.5 Å². The summed E-state index contributed by atoms with van der Waals surface area (Å²) in [7, 11) is 1.71. The molecule has 3 heteroatoms. The first-order valence-corrected chi connectivity index (χ1v) is 10.3. The Hall–Kier alpha value is -1.90. The molecule has 3 aliphatic rings. The van der Waals surface area contributed by atoms with E-state index in [1.165, 1.54) is 24.0 Å². The molecule has 27 heavy (non-hydrogen) atoms. The number of rotatable bonds is 2. The van der Waals surface area contributed by atoms with E-state index in [0.717, 1.165) is 29.9 Å². The van der Waals surface area contributed by atoms with Gasteiger partial charge in [-0.15, -0.1) is 0 Å². The van der Waals surface area contributed by atoms with Crippen molar-refractivity contribution < 1.29 is 9.53 Å². The Labute approximate surface area is 162 Å². The van der Waals surface area contributed by atoms with Crippen LogP contribution in [-0.4, -0.2) is 24.1 Å². The van der Waals surface area contributed by atoms with Gasteiger partial charge in [0.2, 0.25) is 0 Å². The fourth-order valence-electron chi connectivity index (χ4n) is 6.03. The topological polar surface area (TPSA) is 38.7 Å². The van der Waals surface area contributed by atoms with Crippen LogP contribution in [0.4, 0.5) is 0 Å². The highest BCUT2D eigenvalue weighted by molar-refractivity contribution is 6.13. The number of hydrogen-bond acceptors (Lipinski definition) is 3. The van der Waals surface area contributed by atoms with E-state index < -0.39 is 5.41 Å². The molecule has 0 bridgehead atoms. The molecule has 1 aliphatic heterocycles. The summed E-state index contributed by atoms with van der Waals surface area (Å²) < 4.78 is 5.61. The van der Waals surface area contributed by atoms with Crippen molar-refractivity contribution in [2.45, 2.75) is 71.3 Å². The molecule has 0 N–H and O–H groups in total. The largest absolute Gasteiger partial charge is 0.496 e. The molecule has 3 nitrogen and oxygen atoms in total. The predicted octanol–water partition coefficient (Wildman–Crippen LogP) is 5.42. The second-order valence-corrected chi connectivity index (χ2v) is 9.04. The van der Waals surface area contributed by atoms with Gasteiger partial charge in [-0.2, -0.15) is 0 Å². The van der Waals surface area contributed by atoms with Gasteiger partial charge in [0.25, 0.3) is 0 Å². The van der Waals surface area contributed by atoms with Crippen LogP contribution in [0, 0.1) is 18.3 Å². The lowest BCUT2D eigenvalue weighted by molar-refractivity contribution is -0.127. The zero-order valence-electron chi connectivity index (χ0n) is 17.3. The average molecular weight is 366 g/mol. The molecule has 1 fully saturated rings. The van der Waals surface area contributed by atoms with E-state index in [2.05, 4.69) is 45.9 Å². The van der Waals surface area contributed by atoms with Crippen molar-refractivity contribution in [3.05, 3.63) is 41.0 Å². The van der Waals surface area contributed by atoms with Gasteiger partial charge in [-0.05, 0) is 46.6 Å². The lowest BCUT2D eigenvalue weighted by Gasteiger charge is -2.44. The molecule has 1 aromatic carbocycles. The van der Waals surface area contributed by atoms with Crippen molar-refractivity contribution in [1.29, 1.82) is 0 Å². The zero-order valence-corrected chi connectivity index (χ0v) is 17.3. The number of nitrogens with zero attached hydrogens (tertiary/aromatic N) is 1. The van der Waals surface area contributed by atoms with E-state index in [1.54, 1.807) is 7.11 Å². The third-order valence-corrected chi connectivity index (χ3v) is 7.36. The molecule has 1 saturated carbocycles. The minimum atomic E-state index is -0.479. The number of allylic oxidation sites excluding steroid dienone is 2. The molecule has 2 aliphatic carbocycles. The summed E-state index contributed by atoms with van der Waals surface area (Å²) in [6, 6.07) is 6.26. The van der Waals surface area contributed by atoms with Gasteiger partial charge < -0.3 is 4.74 Å². The van der Waals surface area contributed by atoms with Gasteiger partial charge in [0.1, 0.15) is 11.5 Å². The van der Waals surface area contributed by atoms with Crippen LogP contribution in [0.25, 0.3) is 0 Å². The van der Waals surface area contributed by atoms with Crippen LogP contribution >= 0.6 is 0 Å². The van der Waals surface area contributed by atoms with Crippen molar-refractivity contribution in [2.75, 3.05) is 7.11 Å². The Morgan fingerprint density at radius 3 is 2.70 bits per heavy atom. The highest BCUT2D eigenvalue weighted by Gasteiger charge is 2.60. The number of benzene rings is 1. The van der Waals surface area contributed by atoms with Gasteiger partial charge >= 0.3 is 0 Å². The Balaban J connectivity index is 1.80. The number of aliphatic imine (C=N–C) groups is 1. The SMILES string of the molecule is COc1ccc(C)cc1[C@@H]1CC(=O)[C@]2(C=C1C)C(C)=N[C@@]1(C)CCCC[C@@H]21. The van der Waals surface area contributed by atoms with Gasteiger partial charge in [-0.25, -0.2) is 0 Å². The van der Waals surface area contributed by atoms with Crippen molar-refractivity contribution in [2.24, 2.45) is 16.3 Å². The number of fused-ring (bicyclic) bond motifs is 2. The fourth-order valence-corrected chi connectivity index (χ4v) is 6.03. The molecule has 144 valence electrons. The van der Waals surface area contributed by atoms with Crippen molar-refractivity contribution in [3.63, 3.8) is 0 Å². The maximum Gasteiger partial charge on any atom is 0.149 e. The number of hydrogen-bond donors (Lipinski definition) is 0. The lowest BCUT2D eigenvalue weighted by Crippen LogP contribution is -2.49. The molecule has 0 saturated heterocycles. The van der Waals surface area contributed by atoms with Crippen LogP contribution in [0.15, 0.2) is 34.8 Å². The Bertz CT molecular complexity index is 852. The number of ketones is 1. The number of ether oxygens (including phenoxy) is 1. The summed E-state index contributed by atoms with van der Waals surface area (Å²) in [6.45, 7) is 8.63. The first kappa shape index (κ1) is 18.5. The van der Waals surface area contributed by atoms with Crippen LogP contribution in [0.1, 0.15) is 69.9 Å². The Morgan fingerprint density at radius 2 is 1.96 bits per heavy atom. The monoisotopic (exact) mass is 365 g/mol. The number of Topliss-reactive ketones (excluding diaryl/α,β-unsaturated/α-hetero) is 1. The summed E-state index contributed by atoms with van der Waals surface area (Å²) in [6.07, 6.45) is 7.46. The molecule has 0 amide bonds. The van der Waals surface area contributed by atoms with Crippen molar-refractivity contribution >= 4 is 11.5 Å². The molecular weight excluding hydrogens is 334 g/mol. The van der Waals surface area contributed by atoms with Gasteiger partial charge in [-0.1, -0.05) is 42.2 Å².